The summed E-state index contributed by atoms with van der Waals surface area (Å²) in [4.78, 5) is 11.9. The van der Waals surface area contributed by atoms with Gasteiger partial charge in [-0.25, -0.2) is 9.97 Å². The fourth-order valence-electron chi connectivity index (χ4n) is 2.69. The average molecular weight is 268 g/mol. The summed E-state index contributed by atoms with van der Waals surface area (Å²) >= 11 is 0. The van der Waals surface area contributed by atoms with Gasteiger partial charge in [0.05, 0.1) is 11.4 Å². The molecule has 0 fully saturated rings. The smallest absolute Gasteiger partial charge is 0.159 e. The van der Waals surface area contributed by atoms with Gasteiger partial charge in [0.15, 0.2) is 5.82 Å². The Morgan fingerprint density at radius 3 is 2.70 bits per heavy atom. The number of fused-ring (bicyclic) bond motifs is 1. The van der Waals surface area contributed by atoms with Crippen molar-refractivity contribution in [3.63, 3.8) is 0 Å². The number of hydrogen-bond donors (Lipinski definition) is 1. The molecule has 20 heavy (non-hydrogen) atoms. The van der Waals surface area contributed by atoms with Gasteiger partial charge in [0.1, 0.15) is 0 Å². The summed E-state index contributed by atoms with van der Waals surface area (Å²) < 4.78 is 0. The van der Waals surface area contributed by atoms with E-state index in [9.17, 15) is 0 Å². The van der Waals surface area contributed by atoms with Crippen molar-refractivity contribution in [1.29, 1.82) is 0 Å². The Bertz CT molecular complexity index is 578. The lowest BCUT2D eigenvalue weighted by Crippen LogP contribution is -2.32. The van der Waals surface area contributed by atoms with Crippen LogP contribution in [0.1, 0.15) is 23.9 Å². The number of nitrogens with zero attached hydrogens (tertiary/aromatic N) is 3. The van der Waals surface area contributed by atoms with E-state index in [0.29, 0.717) is 6.54 Å². The van der Waals surface area contributed by atoms with Crippen LogP contribution >= 0.6 is 0 Å². The van der Waals surface area contributed by atoms with E-state index in [-0.39, 0.29) is 0 Å². The van der Waals surface area contributed by atoms with Crippen LogP contribution < -0.4 is 5.73 Å². The van der Waals surface area contributed by atoms with Crippen LogP contribution in [0.25, 0.3) is 11.4 Å². The van der Waals surface area contributed by atoms with Crippen molar-refractivity contribution < 1.29 is 0 Å². The fraction of sp³-hybridized carbons (Fsp3) is 0.375. The summed E-state index contributed by atoms with van der Waals surface area (Å²) in [6.07, 6.45) is 0.985. The molecule has 3 rings (SSSR count). The topological polar surface area (TPSA) is 55.0 Å². The number of aromatic nitrogens is 2. The van der Waals surface area contributed by atoms with Gasteiger partial charge in [-0.3, -0.25) is 4.90 Å². The lowest BCUT2D eigenvalue weighted by molar-refractivity contribution is 0.264. The highest BCUT2D eigenvalue weighted by atomic mass is 15.1. The van der Waals surface area contributed by atoms with Gasteiger partial charge in [-0.1, -0.05) is 37.3 Å². The van der Waals surface area contributed by atoms with Crippen LogP contribution in [0.3, 0.4) is 0 Å². The van der Waals surface area contributed by atoms with Crippen molar-refractivity contribution in [2.24, 2.45) is 5.73 Å². The molecule has 1 aliphatic heterocycles. The molecular formula is C16H20N4. The second kappa shape index (κ2) is 5.69. The van der Waals surface area contributed by atoms with Crippen molar-refractivity contribution in [1.82, 2.24) is 14.9 Å². The Labute approximate surface area is 119 Å². The van der Waals surface area contributed by atoms with Gasteiger partial charge in [0.25, 0.3) is 0 Å². The van der Waals surface area contributed by atoms with E-state index in [4.69, 9.17) is 10.7 Å². The van der Waals surface area contributed by atoms with Crippen molar-refractivity contribution >= 4 is 0 Å². The van der Waals surface area contributed by atoms with Crippen molar-refractivity contribution in [2.45, 2.75) is 26.4 Å². The first-order valence-corrected chi connectivity index (χ1v) is 7.18. The van der Waals surface area contributed by atoms with Gasteiger partial charge >= 0.3 is 0 Å². The summed E-state index contributed by atoms with van der Waals surface area (Å²) in [5, 5.41) is 0. The second-order valence-electron chi connectivity index (χ2n) is 5.11. The molecule has 1 aromatic carbocycles. The van der Waals surface area contributed by atoms with E-state index in [1.54, 1.807) is 0 Å². The van der Waals surface area contributed by atoms with Crippen LogP contribution in [0.15, 0.2) is 30.3 Å². The Hall–Kier alpha value is -1.78. The van der Waals surface area contributed by atoms with Crippen LogP contribution in [0, 0.1) is 0 Å². The van der Waals surface area contributed by atoms with E-state index in [1.165, 1.54) is 11.3 Å². The fourth-order valence-corrected chi connectivity index (χ4v) is 2.69. The monoisotopic (exact) mass is 268 g/mol. The number of benzene rings is 1. The van der Waals surface area contributed by atoms with Crippen LogP contribution in [-0.4, -0.2) is 28.0 Å². The molecule has 2 N–H and O–H groups in total. The predicted molar refractivity (Wildman–Crippen MR) is 80.0 cm³/mol. The molecule has 0 amide bonds. The minimum atomic E-state index is 0.474. The van der Waals surface area contributed by atoms with E-state index in [2.05, 4.69) is 16.8 Å². The van der Waals surface area contributed by atoms with Crippen LogP contribution in [0.4, 0.5) is 0 Å². The molecule has 0 radical (unpaired) electrons. The van der Waals surface area contributed by atoms with Crippen LogP contribution in [0.5, 0.6) is 0 Å². The number of nitrogens with two attached hydrogens (primary N) is 1. The average Bonchev–Trinajstić information content (AvgIpc) is 2.54. The van der Waals surface area contributed by atoms with Gasteiger partial charge in [0.2, 0.25) is 0 Å². The summed E-state index contributed by atoms with van der Waals surface area (Å²) in [6.45, 7) is 5.71. The van der Waals surface area contributed by atoms with Gasteiger partial charge < -0.3 is 5.73 Å². The first-order chi connectivity index (χ1) is 9.81. The largest absolute Gasteiger partial charge is 0.325 e. The molecule has 0 atom stereocenters. The molecule has 2 heterocycles. The molecule has 1 aromatic heterocycles. The first kappa shape index (κ1) is 13.2. The molecule has 0 bridgehead atoms. The standard InChI is InChI=1S/C16H20N4/c1-2-20-9-8-14-13(11-20)15(10-17)19-16(18-14)12-6-4-3-5-7-12/h3-7H,2,8-11,17H2,1H3. The molecule has 104 valence electrons. The molecule has 1 aliphatic rings. The van der Waals surface area contributed by atoms with E-state index in [0.717, 1.165) is 43.1 Å². The third kappa shape index (κ3) is 2.44. The zero-order valence-electron chi connectivity index (χ0n) is 11.8. The third-order valence-corrected chi connectivity index (χ3v) is 3.90. The lowest BCUT2D eigenvalue weighted by Gasteiger charge is -2.28. The molecule has 2 aromatic rings. The lowest BCUT2D eigenvalue weighted by atomic mass is 10.0. The minimum absolute atomic E-state index is 0.474. The predicted octanol–water partition coefficient (Wildman–Crippen LogP) is 1.98. The number of rotatable bonds is 3. The number of likely N-dealkylation sites (N-methyl/N-ethyl adjacent to an activating group) is 1. The van der Waals surface area contributed by atoms with Gasteiger partial charge in [0, 0.05) is 37.2 Å². The van der Waals surface area contributed by atoms with Gasteiger partial charge in [-0.2, -0.15) is 0 Å². The van der Waals surface area contributed by atoms with Gasteiger partial charge in [-0.05, 0) is 6.54 Å². The van der Waals surface area contributed by atoms with Crippen molar-refractivity contribution in [2.75, 3.05) is 13.1 Å². The maximum absolute atomic E-state index is 5.90. The highest BCUT2D eigenvalue weighted by Crippen LogP contribution is 2.23. The SMILES string of the molecule is CCN1CCc2nc(-c3ccccc3)nc(CN)c2C1. The minimum Gasteiger partial charge on any atom is -0.325 e. The van der Waals surface area contributed by atoms with E-state index in [1.807, 2.05) is 30.3 Å². The zero-order valence-corrected chi connectivity index (χ0v) is 11.8. The Morgan fingerprint density at radius 1 is 1.20 bits per heavy atom. The maximum Gasteiger partial charge on any atom is 0.159 e. The zero-order chi connectivity index (χ0) is 13.9. The molecule has 4 nitrogen and oxygen atoms in total. The highest BCUT2D eigenvalue weighted by Gasteiger charge is 2.21. The second-order valence-corrected chi connectivity index (χ2v) is 5.11. The summed E-state index contributed by atoms with van der Waals surface area (Å²) in [5.41, 5.74) is 10.4. The summed E-state index contributed by atoms with van der Waals surface area (Å²) in [7, 11) is 0. The quantitative estimate of drug-likeness (QED) is 0.925. The Kier molecular flexibility index (Phi) is 3.76. The molecule has 0 unspecified atom stereocenters. The third-order valence-electron chi connectivity index (χ3n) is 3.90. The maximum atomic E-state index is 5.90. The normalized spacial score (nSPS) is 15.1. The molecule has 4 heteroatoms. The summed E-state index contributed by atoms with van der Waals surface area (Å²) in [6, 6.07) is 10.1. The van der Waals surface area contributed by atoms with E-state index < -0.39 is 0 Å². The van der Waals surface area contributed by atoms with Gasteiger partial charge in [-0.15, -0.1) is 0 Å². The molecular weight excluding hydrogens is 248 g/mol. The highest BCUT2D eigenvalue weighted by molar-refractivity contribution is 5.55. The molecule has 0 saturated heterocycles. The van der Waals surface area contributed by atoms with E-state index >= 15 is 0 Å². The molecule has 0 spiro atoms. The van der Waals surface area contributed by atoms with Crippen molar-refractivity contribution in [3.05, 3.63) is 47.3 Å². The summed E-state index contributed by atoms with van der Waals surface area (Å²) in [5.74, 6) is 0.801. The molecule has 0 aliphatic carbocycles. The first-order valence-electron chi connectivity index (χ1n) is 7.18. The van der Waals surface area contributed by atoms with Crippen LogP contribution in [-0.2, 0) is 19.5 Å². The Balaban J connectivity index is 2.05. The number of hydrogen-bond acceptors (Lipinski definition) is 4. The van der Waals surface area contributed by atoms with Crippen LogP contribution in [0.2, 0.25) is 0 Å². The Morgan fingerprint density at radius 2 is 2.00 bits per heavy atom. The molecule has 0 saturated carbocycles. The van der Waals surface area contributed by atoms with Crippen molar-refractivity contribution in [3.8, 4) is 11.4 Å².